The van der Waals surface area contributed by atoms with Crippen molar-refractivity contribution in [3.63, 3.8) is 0 Å². The van der Waals surface area contributed by atoms with E-state index in [2.05, 4.69) is 38.2 Å². The SMILES string of the molecule is CC1=C(/C=C/C(C)=C/C=C/C(C)=C\C(=O)NC2CC(OC3CC(O)(C(=O)CO)Cc4c(O)c5c(c(O)c43)C(=O)c3c(C)cccc3C5=O)OC(C)C2O)C(C)(C)CCC1. The van der Waals surface area contributed by atoms with Gasteiger partial charge in [0, 0.05) is 47.6 Å². The van der Waals surface area contributed by atoms with Crippen LogP contribution in [-0.4, -0.2) is 85.5 Å². The van der Waals surface area contributed by atoms with Gasteiger partial charge in [0.2, 0.25) is 5.91 Å². The molecule has 0 spiro atoms. The van der Waals surface area contributed by atoms with Crippen molar-refractivity contribution in [1.29, 1.82) is 0 Å². The molecule has 6 N–H and O–H groups in total. The number of hydrogen-bond donors (Lipinski definition) is 6. The molecule has 0 radical (unpaired) electrons. The number of carbonyl (C=O) groups is 4. The number of carbonyl (C=O) groups excluding carboxylic acids is 4. The van der Waals surface area contributed by atoms with Crippen LogP contribution >= 0.6 is 0 Å². The van der Waals surface area contributed by atoms with Gasteiger partial charge in [0.25, 0.3) is 0 Å². The Hall–Kier alpha value is -4.98. The number of phenolic OH excluding ortho intramolecular Hbond substituents is 2. The summed E-state index contributed by atoms with van der Waals surface area (Å²) < 4.78 is 12.3. The van der Waals surface area contributed by atoms with E-state index in [1.807, 2.05) is 19.1 Å². The lowest BCUT2D eigenvalue weighted by molar-refractivity contribution is -0.249. The summed E-state index contributed by atoms with van der Waals surface area (Å²) in [4.78, 5) is 53.8. The van der Waals surface area contributed by atoms with Gasteiger partial charge in [0.1, 0.15) is 29.8 Å². The molecule has 2 aromatic carbocycles. The predicted molar refractivity (Wildman–Crippen MR) is 220 cm³/mol. The molecular formula is C47H55NO11. The monoisotopic (exact) mass is 809 g/mol. The molecule has 0 bridgehead atoms. The third-order valence-electron chi connectivity index (χ3n) is 12.2. The predicted octanol–water partition coefficient (Wildman–Crippen LogP) is 5.99. The number of amides is 1. The Morgan fingerprint density at radius 1 is 1.02 bits per heavy atom. The number of aliphatic hydroxyl groups is 3. The molecule has 1 amide bonds. The number of rotatable bonds is 10. The number of ether oxygens (including phenoxy) is 2. The number of hydrogen-bond acceptors (Lipinski definition) is 11. The Labute approximate surface area is 344 Å². The summed E-state index contributed by atoms with van der Waals surface area (Å²) in [6, 6.07) is 3.78. The van der Waals surface area contributed by atoms with Gasteiger partial charge in [-0.05, 0) is 76.0 Å². The number of ketones is 3. The van der Waals surface area contributed by atoms with Gasteiger partial charge >= 0.3 is 0 Å². The highest BCUT2D eigenvalue weighted by molar-refractivity contribution is 6.31. The van der Waals surface area contributed by atoms with E-state index in [1.165, 1.54) is 29.7 Å². The van der Waals surface area contributed by atoms with Crippen molar-refractivity contribution >= 4 is 23.3 Å². The third-order valence-corrected chi connectivity index (χ3v) is 12.2. The van der Waals surface area contributed by atoms with Gasteiger partial charge in [0.05, 0.1) is 29.4 Å². The van der Waals surface area contributed by atoms with E-state index in [4.69, 9.17) is 9.47 Å². The molecular weight excluding hydrogens is 755 g/mol. The van der Waals surface area contributed by atoms with Crippen LogP contribution in [0.25, 0.3) is 0 Å². The molecule has 6 atom stereocenters. The van der Waals surface area contributed by atoms with Gasteiger partial charge in [-0.15, -0.1) is 0 Å². The van der Waals surface area contributed by atoms with Crippen molar-refractivity contribution in [3.05, 3.63) is 116 Å². The van der Waals surface area contributed by atoms with E-state index in [9.17, 15) is 44.7 Å². The molecule has 2 aromatic rings. The van der Waals surface area contributed by atoms with E-state index in [1.54, 1.807) is 39.0 Å². The van der Waals surface area contributed by atoms with Crippen LogP contribution in [0.4, 0.5) is 0 Å². The fourth-order valence-electron chi connectivity index (χ4n) is 9.00. The van der Waals surface area contributed by atoms with Gasteiger partial charge in [0.15, 0.2) is 23.6 Å². The van der Waals surface area contributed by atoms with E-state index >= 15 is 0 Å². The molecule has 0 saturated carbocycles. The highest BCUT2D eigenvalue weighted by Gasteiger charge is 2.50. The van der Waals surface area contributed by atoms with Crippen molar-refractivity contribution in [2.24, 2.45) is 5.41 Å². The quantitative estimate of drug-likeness (QED) is 0.0799. The third kappa shape index (κ3) is 8.55. The van der Waals surface area contributed by atoms with Gasteiger partial charge in [-0.25, -0.2) is 0 Å². The number of benzene rings is 2. The van der Waals surface area contributed by atoms with Crippen molar-refractivity contribution in [3.8, 4) is 11.5 Å². The first-order valence-electron chi connectivity index (χ1n) is 20.1. The number of nitrogens with one attached hydrogen (secondary N) is 1. The van der Waals surface area contributed by atoms with Crippen molar-refractivity contribution in [1.82, 2.24) is 5.32 Å². The lowest BCUT2D eigenvalue weighted by Crippen LogP contribution is -2.55. The van der Waals surface area contributed by atoms with E-state index in [0.29, 0.717) is 11.1 Å². The van der Waals surface area contributed by atoms with E-state index in [0.717, 1.165) is 18.4 Å². The summed E-state index contributed by atoms with van der Waals surface area (Å²) >= 11 is 0. The largest absolute Gasteiger partial charge is 0.507 e. The fraction of sp³-hybridized carbons (Fsp3) is 0.447. The number of allylic oxidation sites excluding steroid dienone is 9. The number of aryl methyl sites for hydroxylation is 1. The normalized spacial score (nSPS) is 27.2. The molecule has 12 heteroatoms. The van der Waals surface area contributed by atoms with E-state index in [-0.39, 0.29) is 34.1 Å². The molecule has 4 aliphatic rings. The summed E-state index contributed by atoms with van der Waals surface area (Å²) in [7, 11) is 0. The summed E-state index contributed by atoms with van der Waals surface area (Å²) in [6.07, 6.45) is 8.90. The number of Topliss-reactive ketones (excluding diaryl/α,β-unsaturated/α-hetero) is 1. The van der Waals surface area contributed by atoms with Gasteiger partial charge in [-0.3, -0.25) is 19.2 Å². The van der Waals surface area contributed by atoms with Crippen LogP contribution in [0.5, 0.6) is 11.5 Å². The Bertz CT molecular complexity index is 2240. The second-order valence-electron chi connectivity index (χ2n) is 17.1. The highest BCUT2D eigenvalue weighted by Crippen LogP contribution is 2.52. The zero-order valence-electron chi connectivity index (χ0n) is 34.7. The molecule has 6 rings (SSSR count). The number of aromatic hydroxyl groups is 2. The summed E-state index contributed by atoms with van der Waals surface area (Å²) in [5, 5.41) is 58.6. The molecule has 1 heterocycles. The summed E-state index contributed by atoms with van der Waals surface area (Å²) in [5.41, 5.74) is 1.68. The van der Waals surface area contributed by atoms with Gasteiger partial charge in [-0.1, -0.05) is 73.6 Å². The zero-order chi connectivity index (χ0) is 43.1. The van der Waals surface area contributed by atoms with Gasteiger partial charge < -0.3 is 40.3 Å². The molecule has 6 unspecified atom stereocenters. The number of phenols is 2. The van der Waals surface area contributed by atoms with Crippen LogP contribution in [0.3, 0.4) is 0 Å². The Kier molecular flexibility index (Phi) is 12.5. The second kappa shape index (κ2) is 16.9. The fourth-order valence-corrected chi connectivity index (χ4v) is 9.00. The summed E-state index contributed by atoms with van der Waals surface area (Å²) in [5.74, 6) is -4.26. The maximum Gasteiger partial charge on any atom is 0.244 e. The average molecular weight is 810 g/mol. The minimum atomic E-state index is -2.31. The average Bonchev–Trinajstić information content (AvgIpc) is 3.16. The van der Waals surface area contributed by atoms with Crippen LogP contribution in [-0.2, 0) is 25.5 Å². The van der Waals surface area contributed by atoms with Crippen LogP contribution in [0.2, 0.25) is 0 Å². The van der Waals surface area contributed by atoms with Crippen molar-refractivity contribution in [2.45, 2.75) is 123 Å². The minimum absolute atomic E-state index is 0.0294. The first-order valence-corrected chi connectivity index (χ1v) is 20.1. The Balaban J connectivity index is 1.22. The first-order chi connectivity index (χ1) is 27.8. The molecule has 3 aliphatic carbocycles. The zero-order valence-corrected chi connectivity index (χ0v) is 34.7. The maximum absolute atomic E-state index is 13.9. The Morgan fingerprint density at radius 2 is 1.73 bits per heavy atom. The standard InChI is InChI=1S/C47H55NO11/c1-24(16-17-31-26(3)14-10-18-46(31,6)7)11-8-12-25(2)19-35(51)48-32-20-36(58-28(5)41(32)52)59-33-22-47(57,34(50)23-49)21-30-38(33)45(56)40-39(43(30)54)42(53)29-15-9-13-27(4)37(29)44(40)55/h8-9,11-13,15-17,19,28,32-33,36,41,49,52,54,56-57H,10,14,18,20-23H2,1-7H3,(H,48,51)/b12-8+,17-16+,24-11+,25-19-. The van der Waals surface area contributed by atoms with Crippen LogP contribution in [0, 0.1) is 12.3 Å². The molecule has 314 valence electrons. The maximum atomic E-state index is 13.9. The smallest absolute Gasteiger partial charge is 0.244 e. The van der Waals surface area contributed by atoms with Crippen molar-refractivity contribution in [2.75, 3.05) is 6.61 Å². The topological polar surface area (TPSA) is 200 Å². The lowest BCUT2D eigenvalue weighted by atomic mass is 9.71. The highest BCUT2D eigenvalue weighted by atomic mass is 16.7. The second-order valence-corrected chi connectivity index (χ2v) is 17.1. The molecule has 59 heavy (non-hydrogen) atoms. The molecule has 1 aliphatic heterocycles. The van der Waals surface area contributed by atoms with E-state index < -0.39 is 102 Å². The van der Waals surface area contributed by atoms with Crippen LogP contribution < -0.4 is 5.32 Å². The number of fused-ring (bicyclic) bond motifs is 3. The first kappa shape index (κ1) is 43.6. The van der Waals surface area contributed by atoms with Gasteiger partial charge in [-0.2, -0.15) is 0 Å². The van der Waals surface area contributed by atoms with Crippen LogP contribution in [0.15, 0.2) is 76.9 Å². The Morgan fingerprint density at radius 3 is 2.42 bits per heavy atom. The summed E-state index contributed by atoms with van der Waals surface area (Å²) in [6.45, 7) is 12.7. The molecule has 0 aromatic heterocycles. The lowest BCUT2D eigenvalue weighted by Gasteiger charge is -2.42. The number of aliphatic hydroxyl groups excluding tert-OH is 2. The minimum Gasteiger partial charge on any atom is -0.507 e. The van der Waals surface area contributed by atoms with Crippen LogP contribution in [0.1, 0.15) is 128 Å². The molecule has 12 nitrogen and oxygen atoms in total. The molecule has 1 saturated heterocycles. The van der Waals surface area contributed by atoms with Crippen molar-refractivity contribution < 1.29 is 54.2 Å². The molecule has 1 fully saturated rings.